The van der Waals surface area contributed by atoms with Crippen LogP contribution in [0.15, 0.2) is 63.8 Å². The van der Waals surface area contributed by atoms with Crippen molar-refractivity contribution in [3.8, 4) is 45.3 Å². The molecule has 1 aromatic heterocycles. The molecule has 7 nitrogen and oxygen atoms in total. The summed E-state index contributed by atoms with van der Waals surface area (Å²) in [5, 5.41) is 0.593. The van der Waals surface area contributed by atoms with Crippen molar-refractivity contribution in [1.82, 2.24) is 0 Å². The zero-order valence-corrected chi connectivity index (χ0v) is 18.6. The predicted molar refractivity (Wildman–Crippen MR) is 125 cm³/mol. The number of benzene rings is 3. The normalized spacial score (nSPS) is 10.7. The number of ether oxygens (including phenoxy) is 4. The minimum Gasteiger partial charge on any atom is -0.496 e. The van der Waals surface area contributed by atoms with E-state index in [1.165, 1.54) is 34.5 Å². The fraction of sp³-hybridized carbons (Fsp3) is 0.154. The molecule has 0 aliphatic heterocycles. The zero-order valence-electron chi connectivity index (χ0n) is 18.6. The topological polar surface area (TPSA) is 84.2 Å². The molecule has 0 amide bonds. The molecule has 7 heteroatoms. The molecule has 0 spiro atoms. The van der Waals surface area contributed by atoms with Crippen molar-refractivity contribution < 1.29 is 28.2 Å². The highest BCUT2D eigenvalue weighted by Gasteiger charge is 2.21. The van der Waals surface area contributed by atoms with E-state index in [2.05, 4.69) is 0 Å². The van der Waals surface area contributed by atoms with Crippen LogP contribution < -0.4 is 24.6 Å². The van der Waals surface area contributed by atoms with Gasteiger partial charge >= 0.3 is 5.63 Å². The Hall–Kier alpha value is -4.26. The van der Waals surface area contributed by atoms with E-state index in [0.717, 1.165) is 23.0 Å². The third-order valence-electron chi connectivity index (χ3n) is 5.42. The van der Waals surface area contributed by atoms with E-state index in [9.17, 15) is 9.59 Å². The van der Waals surface area contributed by atoms with Gasteiger partial charge in [-0.1, -0.05) is 30.3 Å². The molecule has 0 bridgehead atoms. The number of carbonyl (C=O) groups excluding carboxylic acids is 1. The highest BCUT2D eigenvalue weighted by atomic mass is 16.5. The SMILES string of the molecule is COc1ccc(-c2ccc(-c3cc(=O)oc4cc(OC)c(OC)c(OC)c34)cc2)cc1C=O. The molecule has 0 saturated carbocycles. The van der Waals surface area contributed by atoms with Gasteiger partial charge in [-0.3, -0.25) is 4.79 Å². The van der Waals surface area contributed by atoms with Gasteiger partial charge in [-0.2, -0.15) is 0 Å². The van der Waals surface area contributed by atoms with E-state index in [1.54, 1.807) is 18.2 Å². The Morgan fingerprint density at radius 1 is 0.697 bits per heavy atom. The van der Waals surface area contributed by atoms with Crippen LogP contribution in [0.5, 0.6) is 23.0 Å². The summed E-state index contributed by atoms with van der Waals surface area (Å²) in [5.74, 6) is 1.71. The van der Waals surface area contributed by atoms with Gasteiger partial charge in [0.25, 0.3) is 0 Å². The van der Waals surface area contributed by atoms with E-state index in [4.69, 9.17) is 23.4 Å². The number of fused-ring (bicyclic) bond motifs is 1. The predicted octanol–water partition coefficient (Wildman–Crippen LogP) is 4.97. The summed E-state index contributed by atoms with van der Waals surface area (Å²) in [6, 6.07) is 16.1. The van der Waals surface area contributed by atoms with Gasteiger partial charge in [0, 0.05) is 17.7 Å². The van der Waals surface area contributed by atoms with Crippen molar-refractivity contribution in [1.29, 1.82) is 0 Å². The fourth-order valence-electron chi connectivity index (χ4n) is 3.87. The Morgan fingerprint density at radius 3 is 1.94 bits per heavy atom. The molecule has 0 radical (unpaired) electrons. The molecule has 33 heavy (non-hydrogen) atoms. The minimum absolute atomic E-state index is 0.321. The van der Waals surface area contributed by atoms with Gasteiger partial charge in [-0.15, -0.1) is 0 Å². The van der Waals surface area contributed by atoms with Gasteiger partial charge in [0.2, 0.25) is 5.75 Å². The van der Waals surface area contributed by atoms with Crippen molar-refractivity contribution in [3.05, 3.63) is 70.6 Å². The largest absolute Gasteiger partial charge is 0.496 e. The van der Waals surface area contributed by atoms with Gasteiger partial charge < -0.3 is 23.4 Å². The van der Waals surface area contributed by atoms with Crippen LogP contribution in [-0.4, -0.2) is 34.7 Å². The summed E-state index contributed by atoms with van der Waals surface area (Å²) in [7, 11) is 6.06. The van der Waals surface area contributed by atoms with Crippen LogP contribution in [0.4, 0.5) is 0 Å². The van der Waals surface area contributed by atoms with Crippen LogP contribution in [0, 0.1) is 0 Å². The average Bonchev–Trinajstić information content (AvgIpc) is 2.86. The second kappa shape index (κ2) is 9.08. The zero-order chi connectivity index (χ0) is 23.5. The van der Waals surface area contributed by atoms with Crippen LogP contribution >= 0.6 is 0 Å². The van der Waals surface area contributed by atoms with Gasteiger partial charge in [-0.05, 0) is 28.8 Å². The van der Waals surface area contributed by atoms with E-state index in [-0.39, 0.29) is 0 Å². The Kier molecular flexibility index (Phi) is 6.04. The molecule has 0 fully saturated rings. The minimum atomic E-state index is -0.498. The Balaban J connectivity index is 1.88. The van der Waals surface area contributed by atoms with Crippen LogP contribution in [0.1, 0.15) is 10.4 Å². The standard InChI is InChI=1S/C26H22O7/c1-29-20-10-9-17(11-18(20)14-27)15-5-7-16(8-6-15)19-12-23(28)33-21-13-22(30-2)25(31-3)26(32-4)24(19)21/h5-14H,1-4H3. The van der Waals surface area contributed by atoms with Crippen LogP contribution in [0.25, 0.3) is 33.2 Å². The maximum Gasteiger partial charge on any atom is 0.336 e. The molecule has 1 heterocycles. The molecule has 0 aliphatic rings. The van der Waals surface area contributed by atoms with Gasteiger partial charge in [0.05, 0.1) is 39.4 Å². The molecule has 168 valence electrons. The maximum atomic E-state index is 12.3. The smallest absolute Gasteiger partial charge is 0.336 e. The first-order chi connectivity index (χ1) is 16.0. The Bertz CT molecular complexity index is 1380. The van der Waals surface area contributed by atoms with Crippen molar-refractivity contribution in [2.75, 3.05) is 28.4 Å². The highest BCUT2D eigenvalue weighted by Crippen LogP contribution is 2.46. The van der Waals surface area contributed by atoms with E-state index >= 15 is 0 Å². The molecule has 0 saturated heterocycles. The number of hydrogen-bond acceptors (Lipinski definition) is 7. The number of carbonyl (C=O) groups is 1. The van der Waals surface area contributed by atoms with Crippen molar-refractivity contribution in [2.24, 2.45) is 0 Å². The molecule has 4 rings (SSSR count). The first kappa shape index (κ1) is 22.0. The molecule has 4 aromatic rings. The van der Waals surface area contributed by atoms with E-state index in [0.29, 0.717) is 45.1 Å². The monoisotopic (exact) mass is 446 g/mol. The lowest BCUT2D eigenvalue weighted by Crippen LogP contribution is -2.02. The molecule has 3 aromatic carbocycles. The van der Waals surface area contributed by atoms with E-state index < -0.39 is 5.63 Å². The molecule has 0 unspecified atom stereocenters. The lowest BCUT2D eigenvalue weighted by atomic mass is 9.97. The second-order valence-corrected chi connectivity index (χ2v) is 7.15. The summed E-state index contributed by atoms with van der Waals surface area (Å²) in [4.78, 5) is 23.7. The second-order valence-electron chi connectivity index (χ2n) is 7.15. The molecular formula is C26H22O7. The molecular weight excluding hydrogens is 424 g/mol. The number of hydrogen-bond donors (Lipinski definition) is 0. The van der Waals surface area contributed by atoms with Crippen molar-refractivity contribution >= 4 is 17.3 Å². The Labute approximate surface area is 190 Å². The van der Waals surface area contributed by atoms with Crippen LogP contribution in [-0.2, 0) is 0 Å². The summed E-state index contributed by atoms with van der Waals surface area (Å²) in [6.07, 6.45) is 0.764. The highest BCUT2D eigenvalue weighted by molar-refractivity contribution is 6.01. The third-order valence-corrected chi connectivity index (χ3v) is 5.42. The van der Waals surface area contributed by atoms with Gasteiger partial charge in [0.15, 0.2) is 17.8 Å². The molecule has 0 N–H and O–H groups in total. The maximum absolute atomic E-state index is 12.3. The summed E-state index contributed by atoms with van der Waals surface area (Å²) in [6.45, 7) is 0. The van der Waals surface area contributed by atoms with E-state index in [1.807, 2.05) is 30.3 Å². The number of methoxy groups -OCH3 is 4. The lowest BCUT2D eigenvalue weighted by molar-refractivity contribution is 0.112. The summed E-state index contributed by atoms with van der Waals surface area (Å²) < 4.78 is 27.1. The van der Waals surface area contributed by atoms with Crippen molar-refractivity contribution in [2.45, 2.75) is 0 Å². The first-order valence-electron chi connectivity index (χ1n) is 10.1. The van der Waals surface area contributed by atoms with Crippen molar-refractivity contribution in [3.63, 3.8) is 0 Å². The summed E-state index contributed by atoms with van der Waals surface area (Å²) in [5.41, 5.74) is 3.48. The molecule has 0 atom stereocenters. The van der Waals surface area contributed by atoms with Crippen LogP contribution in [0.2, 0.25) is 0 Å². The lowest BCUT2D eigenvalue weighted by Gasteiger charge is -2.16. The van der Waals surface area contributed by atoms with Gasteiger partial charge in [-0.25, -0.2) is 4.79 Å². The van der Waals surface area contributed by atoms with Gasteiger partial charge in [0.1, 0.15) is 11.3 Å². The third kappa shape index (κ3) is 3.89. The average molecular weight is 446 g/mol. The van der Waals surface area contributed by atoms with Crippen LogP contribution in [0.3, 0.4) is 0 Å². The molecule has 0 aliphatic carbocycles. The fourth-order valence-corrected chi connectivity index (χ4v) is 3.87. The number of rotatable bonds is 7. The quantitative estimate of drug-likeness (QED) is 0.293. The first-order valence-corrected chi connectivity index (χ1v) is 10.1. The Morgan fingerprint density at radius 2 is 1.33 bits per heavy atom. The number of aldehydes is 1. The summed E-state index contributed by atoms with van der Waals surface area (Å²) >= 11 is 0.